The minimum atomic E-state index is 0.382. The van der Waals surface area contributed by atoms with Crippen molar-refractivity contribution in [2.75, 3.05) is 6.61 Å². The summed E-state index contributed by atoms with van der Waals surface area (Å²) in [7, 11) is 0. The van der Waals surface area contributed by atoms with Crippen LogP contribution in [0.15, 0.2) is 0 Å². The second kappa shape index (κ2) is 7.24. The highest BCUT2D eigenvalue weighted by Crippen LogP contribution is 2.78. The van der Waals surface area contributed by atoms with Crippen molar-refractivity contribution in [1.82, 2.24) is 0 Å². The van der Waals surface area contributed by atoms with Gasteiger partial charge in [-0.1, -0.05) is 55.4 Å². The van der Waals surface area contributed by atoms with E-state index in [1.165, 1.54) is 64.2 Å². The van der Waals surface area contributed by atoms with Crippen LogP contribution in [0.4, 0.5) is 0 Å². The van der Waals surface area contributed by atoms with E-state index in [1.807, 2.05) is 0 Å². The van der Waals surface area contributed by atoms with Gasteiger partial charge in [-0.2, -0.15) is 0 Å². The fraction of sp³-hybridized carbons (Fsp3) is 1.00. The molecule has 184 valence electrons. The molecule has 2 unspecified atom stereocenters. The largest absolute Gasteiger partial charge is 0.396 e. The van der Waals surface area contributed by atoms with E-state index < -0.39 is 0 Å². The van der Waals surface area contributed by atoms with E-state index >= 15 is 0 Å². The maximum atomic E-state index is 9.95. The van der Waals surface area contributed by atoms with Crippen molar-refractivity contribution in [2.24, 2.45) is 68.5 Å². The summed E-state index contributed by atoms with van der Waals surface area (Å²) in [6.45, 7) is 21.5. The molecule has 1 heteroatoms. The summed E-state index contributed by atoms with van der Waals surface area (Å²) in [4.78, 5) is 0. The summed E-state index contributed by atoms with van der Waals surface area (Å²) in [6.07, 6.45) is 14.4. The number of fused-ring (bicyclic) bond motifs is 7. The molecule has 32 heavy (non-hydrogen) atoms. The van der Waals surface area contributed by atoms with Crippen LogP contribution in [0.25, 0.3) is 0 Å². The SMILES string of the molecule is CC(CO)[C@H]1CC[C@]2(C)[C@H]3CC[C@@H]4[C@@]5(C)CCC(C)C(C)(C)[C@@H]5CC[C@@]4(C)[C@]3(C)CC[C@@H]12. The fourth-order valence-corrected chi connectivity index (χ4v) is 12.2. The number of aliphatic hydroxyl groups is 1. The predicted molar refractivity (Wildman–Crippen MR) is 135 cm³/mol. The molecule has 0 heterocycles. The van der Waals surface area contributed by atoms with Crippen molar-refractivity contribution < 1.29 is 5.11 Å². The molecule has 1 nitrogen and oxygen atoms in total. The van der Waals surface area contributed by atoms with Gasteiger partial charge in [0.25, 0.3) is 0 Å². The van der Waals surface area contributed by atoms with Gasteiger partial charge in [-0.25, -0.2) is 0 Å². The lowest BCUT2D eigenvalue weighted by Crippen LogP contribution is -2.66. The van der Waals surface area contributed by atoms with E-state index in [0.717, 1.165) is 35.5 Å². The van der Waals surface area contributed by atoms with Gasteiger partial charge in [0, 0.05) is 6.61 Å². The zero-order valence-corrected chi connectivity index (χ0v) is 22.8. The van der Waals surface area contributed by atoms with Gasteiger partial charge >= 0.3 is 0 Å². The first kappa shape index (κ1) is 23.7. The highest BCUT2D eigenvalue weighted by molar-refractivity contribution is 5.19. The maximum Gasteiger partial charge on any atom is 0.0459 e. The van der Waals surface area contributed by atoms with E-state index in [1.54, 1.807) is 0 Å². The topological polar surface area (TPSA) is 20.2 Å². The first-order chi connectivity index (χ1) is 14.9. The van der Waals surface area contributed by atoms with Crippen LogP contribution in [0.2, 0.25) is 0 Å². The average molecular weight is 443 g/mol. The Morgan fingerprint density at radius 3 is 1.88 bits per heavy atom. The molecule has 0 amide bonds. The Morgan fingerprint density at radius 1 is 0.688 bits per heavy atom. The number of rotatable bonds is 2. The standard InChI is InChI=1S/C31H54O/c1-20(19-32)22-12-16-28(5)23(22)13-17-30(7)25(28)9-10-26-29(6)15-11-21(2)27(3,4)24(29)14-18-31(26,30)8/h20-26,32H,9-19H2,1-8H3/t20?,21?,22-,23+,24+,25-,26-,28+,29+,30-,31-/m1/s1. The van der Waals surface area contributed by atoms with Crippen molar-refractivity contribution in [3.8, 4) is 0 Å². The highest BCUT2D eigenvalue weighted by atomic mass is 16.3. The van der Waals surface area contributed by atoms with Crippen LogP contribution in [0.1, 0.15) is 120 Å². The molecule has 0 aromatic rings. The lowest BCUT2D eigenvalue weighted by molar-refractivity contribution is -0.246. The Balaban J connectivity index is 1.50. The fourth-order valence-electron chi connectivity index (χ4n) is 12.2. The molecule has 0 saturated heterocycles. The molecular weight excluding hydrogens is 388 g/mol. The molecule has 1 N–H and O–H groups in total. The van der Waals surface area contributed by atoms with Crippen LogP contribution in [0.3, 0.4) is 0 Å². The summed E-state index contributed by atoms with van der Waals surface area (Å²) in [5, 5.41) is 9.95. The van der Waals surface area contributed by atoms with E-state index in [0.29, 0.717) is 39.6 Å². The third kappa shape index (κ3) is 2.73. The van der Waals surface area contributed by atoms with Crippen molar-refractivity contribution in [3.63, 3.8) is 0 Å². The zero-order valence-electron chi connectivity index (χ0n) is 22.8. The Morgan fingerprint density at radius 2 is 1.25 bits per heavy atom. The summed E-state index contributed by atoms with van der Waals surface area (Å²) in [6, 6.07) is 0. The molecule has 0 aliphatic heterocycles. The van der Waals surface area contributed by atoms with Gasteiger partial charge in [-0.15, -0.1) is 0 Å². The molecule has 0 bridgehead atoms. The van der Waals surface area contributed by atoms with Gasteiger partial charge in [0.05, 0.1) is 0 Å². The molecule has 11 atom stereocenters. The first-order valence-corrected chi connectivity index (χ1v) is 14.5. The molecule has 5 saturated carbocycles. The Labute approximate surface area is 199 Å². The third-order valence-corrected chi connectivity index (χ3v) is 14.6. The van der Waals surface area contributed by atoms with Gasteiger partial charge in [0.2, 0.25) is 0 Å². The molecule has 5 aliphatic rings. The second-order valence-electron chi connectivity index (χ2n) is 15.4. The molecule has 5 fully saturated rings. The smallest absolute Gasteiger partial charge is 0.0459 e. The average Bonchev–Trinajstić information content (AvgIpc) is 3.08. The monoisotopic (exact) mass is 442 g/mol. The van der Waals surface area contributed by atoms with Crippen LogP contribution >= 0.6 is 0 Å². The number of hydrogen-bond donors (Lipinski definition) is 1. The van der Waals surface area contributed by atoms with Gasteiger partial charge in [0.15, 0.2) is 0 Å². The van der Waals surface area contributed by atoms with Gasteiger partial charge in [-0.05, 0) is 133 Å². The number of aliphatic hydroxyl groups excluding tert-OH is 1. The highest BCUT2D eigenvalue weighted by Gasteiger charge is 2.70. The molecule has 0 radical (unpaired) electrons. The van der Waals surface area contributed by atoms with Gasteiger partial charge < -0.3 is 5.11 Å². The summed E-state index contributed by atoms with van der Waals surface area (Å²) in [5.41, 5.74) is 2.55. The van der Waals surface area contributed by atoms with E-state index in [-0.39, 0.29) is 0 Å². The van der Waals surface area contributed by atoms with Crippen LogP contribution in [0, 0.1) is 68.5 Å². The summed E-state index contributed by atoms with van der Waals surface area (Å²) >= 11 is 0. The minimum Gasteiger partial charge on any atom is -0.396 e. The van der Waals surface area contributed by atoms with Crippen LogP contribution < -0.4 is 0 Å². The molecule has 0 aromatic heterocycles. The lowest BCUT2D eigenvalue weighted by Gasteiger charge is -2.73. The molecular formula is C31H54O. The third-order valence-electron chi connectivity index (χ3n) is 14.6. The predicted octanol–water partition coefficient (Wildman–Crippen LogP) is 8.35. The maximum absolute atomic E-state index is 9.95. The van der Waals surface area contributed by atoms with E-state index in [9.17, 15) is 5.11 Å². The van der Waals surface area contributed by atoms with E-state index in [4.69, 9.17) is 0 Å². The Kier molecular flexibility index (Phi) is 5.36. The van der Waals surface area contributed by atoms with Crippen molar-refractivity contribution in [1.29, 1.82) is 0 Å². The van der Waals surface area contributed by atoms with Crippen molar-refractivity contribution >= 4 is 0 Å². The zero-order chi connectivity index (χ0) is 23.3. The number of hydrogen-bond acceptors (Lipinski definition) is 1. The van der Waals surface area contributed by atoms with Crippen LogP contribution in [0.5, 0.6) is 0 Å². The minimum absolute atomic E-state index is 0.382. The van der Waals surface area contributed by atoms with E-state index in [2.05, 4.69) is 55.4 Å². The summed E-state index contributed by atoms with van der Waals surface area (Å²) < 4.78 is 0. The summed E-state index contributed by atoms with van der Waals surface area (Å²) in [5.74, 6) is 5.68. The van der Waals surface area contributed by atoms with Gasteiger partial charge in [0.1, 0.15) is 0 Å². The first-order valence-electron chi connectivity index (χ1n) is 14.5. The van der Waals surface area contributed by atoms with Gasteiger partial charge in [-0.3, -0.25) is 0 Å². The molecule has 5 aliphatic carbocycles. The molecule has 0 aromatic carbocycles. The Bertz CT molecular complexity index is 741. The second-order valence-corrected chi connectivity index (χ2v) is 15.4. The van der Waals surface area contributed by atoms with Crippen molar-refractivity contribution in [2.45, 2.75) is 120 Å². The normalized spacial score (nSPS) is 57.7. The Hall–Kier alpha value is -0.0400. The molecule has 0 spiro atoms. The lowest BCUT2D eigenvalue weighted by atomic mass is 9.31. The quantitative estimate of drug-likeness (QED) is 0.455. The van der Waals surface area contributed by atoms with Crippen LogP contribution in [-0.2, 0) is 0 Å². The molecule has 5 rings (SSSR count). The van der Waals surface area contributed by atoms with Crippen LogP contribution in [-0.4, -0.2) is 11.7 Å². The van der Waals surface area contributed by atoms with Crippen molar-refractivity contribution in [3.05, 3.63) is 0 Å².